The van der Waals surface area contributed by atoms with Crippen LogP contribution in [0.5, 0.6) is 0 Å². The van der Waals surface area contributed by atoms with E-state index >= 15 is 0 Å². The summed E-state index contributed by atoms with van der Waals surface area (Å²) in [6.07, 6.45) is 1.39. The van der Waals surface area contributed by atoms with Gasteiger partial charge in [-0.05, 0) is 18.8 Å². The number of amides is 2. The van der Waals surface area contributed by atoms with E-state index in [0.29, 0.717) is 38.5 Å². The SMILES string of the molecule is CC1CCN(C(=O)N2CCN(CCO)CC2)C(C(=O)O)C1. The molecule has 2 unspecified atom stereocenters. The van der Waals surface area contributed by atoms with Crippen LogP contribution in [0, 0.1) is 5.92 Å². The number of carboxylic acid groups (broad SMARTS) is 1. The third kappa shape index (κ3) is 3.85. The van der Waals surface area contributed by atoms with E-state index in [1.54, 1.807) is 4.90 Å². The van der Waals surface area contributed by atoms with E-state index in [1.165, 1.54) is 4.90 Å². The Bertz CT molecular complexity index is 382. The Kier molecular flexibility index (Phi) is 5.41. The number of urea groups is 1. The number of carbonyl (C=O) groups is 2. The Balaban J connectivity index is 1.94. The predicted molar refractivity (Wildman–Crippen MR) is 77.0 cm³/mol. The van der Waals surface area contributed by atoms with Gasteiger partial charge in [0.05, 0.1) is 6.61 Å². The number of aliphatic hydroxyl groups excluding tert-OH is 1. The van der Waals surface area contributed by atoms with Crippen LogP contribution in [0.4, 0.5) is 4.79 Å². The van der Waals surface area contributed by atoms with Crippen molar-refractivity contribution >= 4 is 12.0 Å². The molecule has 0 aliphatic carbocycles. The maximum absolute atomic E-state index is 12.6. The topological polar surface area (TPSA) is 84.3 Å². The summed E-state index contributed by atoms with van der Waals surface area (Å²) in [5.74, 6) is -0.564. The Morgan fingerprint density at radius 3 is 2.38 bits per heavy atom. The summed E-state index contributed by atoms with van der Waals surface area (Å²) in [5, 5.41) is 18.3. The van der Waals surface area contributed by atoms with Gasteiger partial charge in [-0.2, -0.15) is 0 Å². The number of piperidine rings is 1. The van der Waals surface area contributed by atoms with Gasteiger partial charge in [-0.1, -0.05) is 6.92 Å². The smallest absolute Gasteiger partial charge is 0.326 e. The average Bonchev–Trinajstić information content (AvgIpc) is 2.47. The highest BCUT2D eigenvalue weighted by atomic mass is 16.4. The molecule has 0 bridgehead atoms. The predicted octanol–water partition coefficient (Wildman–Crippen LogP) is -0.0986. The minimum atomic E-state index is -0.909. The third-order valence-corrected chi connectivity index (χ3v) is 4.45. The van der Waals surface area contributed by atoms with E-state index in [1.807, 2.05) is 6.92 Å². The summed E-state index contributed by atoms with van der Waals surface area (Å²) in [7, 11) is 0. The second-order valence-corrected chi connectivity index (χ2v) is 6.01. The zero-order chi connectivity index (χ0) is 15.4. The molecule has 0 spiro atoms. The molecule has 2 amide bonds. The summed E-state index contributed by atoms with van der Waals surface area (Å²) < 4.78 is 0. The average molecular weight is 299 g/mol. The first kappa shape index (κ1) is 16.0. The maximum Gasteiger partial charge on any atom is 0.326 e. The zero-order valence-electron chi connectivity index (χ0n) is 12.6. The van der Waals surface area contributed by atoms with Crippen molar-refractivity contribution in [1.82, 2.24) is 14.7 Å². The van der Waals surface area contributed by atoms with Crippen LogP contribution in [0.2, 0.25) is 0 Å². The summed E-state index contributed by atoms with van der Waals surface area (Å²) in [6.45, 7) is 5.95. The summed E-state index contributed by atoms with van der Waals surface area (Å²) in [6, 6.07) is -0.852. The van der Waals surface area contributed by atoms with Gasteiger partial charge < -0.3 is 20.0 Å². The van der Waals surface area contributed by atoms with Gasteiger partial charge in [0.25, 0.3) is 0 Å². The van der Waals surface area contributed by atoms with E-state index in [2.05, 4.69) is 4.90 Å². The van der Waals surface area contributed by atoms with Crippen LogP contribution in [0.15, 0.2) is 0 Å². The molecular formula is C14H25N3O4. The van der Waals surface area contributed by atoms with Crippen LogP contribution in [0.25, 0.3) is 0 Å². The number of hydrogen-bond donors (Lipinski definition) is 2. The van der Waals surface area contributed by atoms with E-state index < -0.39 is 12.0 Å². The van der Waals surface area contributed by atoms with Crippen molar-refractivity contribution in [2.24, 2.45) is 5.92 Å². The van der Waals surface area contributed by atoms with Gasteiger partial charge in [-0.25, -0.2) is 9.59 Å². The lowest BCUT2D eigenvalue weighted by Gasteiger charge is -2.41. The molecule has 21 heavy (non-hydrogen) atoms. The van der Waals surface area contributed by atoms with Crippen LogP contribution in [-0.2, 0) is 4.79 Å². The second kappa shape index (κ2) is 7.09. The molecule has 2 fully saturated rings. The van der Waals surface area contributed by atoms with Gasteiger partial charge in [0.2, 0.25) is 0 Å². The first-order valence-corrected chi connectivity index (χ1v) is 7.64. The van der Waals surface area contributed by atoms with Crippen molar-refractivity contribution in [3.8, 4) is 0 Å². The monoisotopic (exact) mass is 299 g/mol. The molecule has 7 nitrogen and oxygen atoms in total. The van der Waals surface area contributed by atoms with Crippen molar-refractivity contribution in [2.75, 3.05) is 45.9 Å². The van der Waals surface area contributed by atoms with Gasteiger partial charge >= 0.3 is 12.0 Å². The molecule has 2 aliphatic rings. The molecule has 2 aliphatic heterocycles. The zero-order valence-corrected chi connectivity index (χ0v) is 12.6. The number of carbonyl (C=O) groups excluding carboxylic acids is 1. The lowest BCUT2D eigenvalue weighted by Crippen LogP contribution is -2.58. The minimum Gasteiger partial charge on any atom is -0.480 e. The van der Waals surface area contributed by atoms with E-state index in [4.69, 9.17) is 5.11 Å². The summed E-state index contributed by atoms with van der Waals surface area (Å²) >= 11 is 0. The molecule has 2 saturated heterocycles. The third-order valence-electron chi connectivity index (χ3n) is 4.45. The number of rotatable bonds is 3. The number of hydrogen-bond acceptors (Lipinski definition) is 4. The first-order valence-electron chi connectivity index (χ1n) is 7.64. The van der Waals surface area contributed by atoms with E-state index in [0.717, 1.165) is 19.5 Å². The van der Waals surface area contributed by atoms with Crippen molar-refractivity contribution in [3.05, 3.63) is 0 Å². The lowest BCUT2D eigenvalue weighted by molar-refractivity contribution is -0.144. The highest BCUT2D eigenvalue weighted by Crippen LogP contribution is 2.24. The quantitative estimate of drug-likeness (QED) is 0.760. The van der Waals surface area contributed by atoms with Crippen LogP contribution in [-0.4, -0.2) is 88.8 Å². The highest BCUT2D eigenvalue weighted by Gasteiger charge is 2.37. The molecular weight excluding hydrogens is 274 g/mol. The van der Waals surface area contributed by atoms with E-state index in [9.17, 15) is 14.7 Å². The fraction of sp³-hybridized carbons (Fsp3) is 0.857. The summed E-state index contributed by atoms with van der Waals surface area (Å²) in [4.78, 5) is 29.3. The molecule has 2 N–H and O–H groups in total. The van der Waals surface area contributed by atoms with Gasteiger partial charge in [0, 0.05) is 39.3 Å². The molecule has 120 valence electrons. The van der Waals surface area contributed by atoms with Gasteiger partial charge in [0.15, 0.2) is 0 Å². The number of nitrogens with zero attached hydrogens (tertiary/aromatic N) is 3. The van der Waals surface area contributed by atoms with Crippen LogP contribution < -0.4 is 0 Å². The number of aliphatic carboxylic acids is 1. The van der Waals surface area contributed by atoms with E-state index in [-0.39, 0.29) is 12.6 Å². The molecule has 2 heterocycles. The molecule has 7 heteroatoms. The Labute approximate surface area is 125 Å². The largest absolute Gasteiger partial charge is 0.480 e. The number of piperazine rings is 1. The fourth-order valence-electron chi connectivity index (χ4n) is 3.09. The molecule has 0 aromatic heterocycles. The first-order chi connectivity index (χ1) is 10.0. The normalized spacial score (nSPS) is 27.7. The standard InChI is InChI=1S/C14H25N3O4/c1-11-2-3-17(12(10-11)13(19)20)14(21)16-6-4-15(5-7-16)8-9-18/h11-12,18H,2-10H2,1H3,(H,19,20). The number of carboxylic acids is 1. The number of aliphatic hydroxyl groups is 1. The second-order valence-electron chi connectivity index (χ2n) is 6.01. The van der Waals surface area contributed by atoms with Gasteiger partial charge in [-0.15, -0.1) is 0 Å². The van der Waals surface area contributed by atoms with Gasteiger partial charge in [-0.3, -0.25) is 4.90 Å². The summed E-state index contributed by atoms with van der Waals surface area (Å²) in [5.41, 5.74) is 0. The molecule has 2 rings (SSSR count). The Morgan fingerprint density at radius 2 is 1.81 bits per heavy atom. The maximum atomic E-state index is 12.6. The minimum absolute atomic E-state index is 0.124. The molecule has 0 aromatic rings. The van der Waals surface area contributed by atoms with Crippen LogP contribution >= 0.6 is 0 Å². The number of β-amino-alcohol motifs (C(OH)–C–C–N with tert-alkyl or cyclic N) is 1. The Morgan fingerprint density at radius 1 is 1.14 bits per heavy atom. The van der Waals surface area contributed by atoms with Crippen molar-refractivity contribution in [3.63, 3.8) is 0 Å². The van der Waals surface area contributed by atoms with Gasteiger partial charge in [0.1, 0.15) is 6.04 Å². The molecule has 0 radical (unpaired) electrons. The molecule has 2 atom stereocenters. The van der Waals surface area contributed by atoms with Crippen molar-refractivity contribution in [2.45, 2.75) is 25.8 Å². The molecule has 0 saturated carbocycles. The molecule has 0 aromatic carbocycles. The number of likely N-dealkylation sites (tertiary alicyclic amines) is 1. The lowest BCUT2D eigenvalue weighted by atomic mass is 9.92. The fourth-order valence-corrected chi connectivity index (χ4v) is 3.09. The van der Waals surface area contributed by atoms with Crippen molar-refractivity contribution in [1.29, 1.82) is 0 Å². The van der Waals surface area contributed by atoms with Crippen molar-refractivity contribution < 1.29 is 19.8 Å². The van der Waals surface area contributed by atoms with Crippen LogP contribution in [0.3, 0.4) is 0 Å². The Hall–Kier alpha value is -1.34. The van der Waals surface area contributed by atoms with Crippen LogP contribution in [0.1, 0.15) is 19.8 Å². The highest BCUT2D eigenvalue weighted by molar-refractivity contribution is 5.83.